The van der Waals surface area contributed by atoms with E-state index in [0.29, 0.717) is 18.0 Å². The molecule has 3 heteroatoms. The van der Waals surface area contributed by atoms with Crippen molar-refractivity contribution < 1.29 is 4.74 Å². The zero-order valence-electron chi connectivity index (χ0n) is 12.0. The van der Waals surface area contributed by atoms with E-state index in [1.807, 2.05) is 0 Å². The lowest BCUT2D eigenvalue weighted by atomic mass is 9.98. The molecule has 1 aliphatic heterocycles. The minimum absolute atomic E-state index is 0.643. The molecule has 1 saturated heterocycles. The quantitative estimate of drug-likeness (QED) is 0.692. The van der Waals surface area contributed by atoms with Crippen LogP contribution in [-0.2, 0) is 4.74 Å². The Bertz CT molecular complexity index is 191. The van der Waals surface area contributed by atoms with Crippen molar-refractivity contribution >= 4 is 0 Å². The zero-order valence-corrected chi connectivity index (χ0v) is 12.0. The van der Waals surface area contributed by atoms with Crippen LogP contribution >= 0.6 is 0 Å². The van der Waals surface area contributed by atoms with Gasteiger partial charge in [0.1, 0.15) is 0 Å². The lowest BCUT2D eigenvalue weighted by Gasteiger charge is -2.39. The Kier molecular flexibility index (Phi) is 7.09. The van der Waals surface area contributed by atoms with E-state index >= 15 is 0 Å². The second-order valence-electron chi connectivity index (χ2n) is 5.52. The molecule has 0 spiro atoms. The zero-order chi connectivity index (χ0) is 12.7. The average Bonchev–Trinajstić information content (AvgIpc) is 2.34. The van der Waals surface area contributed by atoms with Crippen LogP contribution in [0.2, 0.25) is 0 Å². The Morgan fingerprint density at radius 1 is 1.29 bits per heavy atom. The molecule has 102 valence electrons. The minimum Gasteiger partial charge on any atom is -0.381 e. The highest BCUT2D eigenvalue weighted by Crippen LogP contribution is 2.18. The van der Waals surface area contributed by atoms with Crippen LogP contribution in [0.1, 0.15) is 40.0 Å². The van der Waals surface area contributed by atoms with Crippen molar-refractivity contribution in [1.82, 2.24) is 10.2 Å². The summed E-state index contributed by atoms with van der Waals surface area (Å²) >= 11 is 0. The van der Waals surface area contributed by atoms with Crippen LogP contribution in [0.15, 0.2) is 0 Å². The van der Waals surface area contributed by atoms with Crippen LogP contribution in [0.5, 0.6) is 0 Å². The lowest BCUT2D eigenvalue weighted by molar-refractivity contribution is 0.0204. The van der Waals surface area contributed by atoms with E-state index in [1.165, 1.54) is 19.3 Å². The molecule has 0 bridgehead atoms. The molecule has 1 fully saturated rings. The Hall–Kier alpha value is -0.120. The van der Waals surface area contributed by atoms with Gasteiger partial charge >= 0.3 is 0 Å². The highest BCUT2D eigenvalue weighted by Gasteiger charge is 2.26. The highest BCUT2D eigenvalue weighted by atomic mass is 16.5. The van der Waals surface area contributed by atoms with Gasteiger partial charge in [-0.15, -0.1) is 0 Å². The maximum Gasteiger partial charge on any atom is 0.0480 e. The molecule has 1 atom stereocenters. The molecule has 0 amide bonds. The van der Waals surface area contributed by atoms with E-state index in [-0.39, 0.29) is 0 Å². The first-order valence-corrected chi connectivity index (χ1v) is 7.17. The molecule has 0 aromatic carbocycles. The number of ether oxygens (including phenoxy) is 1. The second kappa shape index (κ2) is 8.06. The van der Waals surface area contributed by atoms with E-state index in [9.17, 15) is 0 Å². The van der Waals surface area contributed by atoms with Gasteiger partial charge < -0.3 is 10.1 Å². The molecule has 3 nitrogen and oxygen atoms in total. The van der Waals surface area contributed by atoms with Gasteiger partial charge in [-0.3, -0.25) is 4.90 Å². The topological polar surface area (TPSA) is 24.5 Å². The summed E-state index contributed by atoms with van der Waals surface area (Å²) in [5.74, 6) is 0.701. The van der Waals surface area contributed by atoms with Crippen molar-refractivity contribution in [2.45, 2.75) is 52.1 Å². The van der Waals surface area contributed by atoms with Crippen LogP contribution in [0, 0.1) is 5.92 Å². The van der Waals surface area contributed by atoms with E-state index in [1.54, 1.807) is 0 Å². The highest BCUT2D eigenvalue weighted by molar-refractivity contribution is 4.81. The van der Waals surface area contributed by atoms with Gasteiger partial charge in [-0.2, -0.15) is 0 Å². The molecule has 17 heavy (non-hydrogen) atoms. The molecule has 1 unspecified atom stereocenters. The second-order valence-corrected chi connectivity index (χ2v) is 5.52. The third kappa shape index (κ3) is 4.94. The lowest BCUT2D eigenvalue weighted by Crippen LogP contribution is -2.50. The van der Waals surface area contributed by atoms with Gasteiger partial charge in [0.2, 0.25) is 0 Å². The molecule has 1 N–H and O–H groups in total. The Balaban J connectivity index is 2.43. The summed E-state index contributed by atoms with van der Waals surface area (Å²) in [5, 5.41) is 3.56. The summed E-state index contributed by atoms with van der Waals surface area (Å²) in [7, 11) is 2.29. The van der Waals surface area contributed by atoms with E-state index < -0.39 is 0 Å². The minimum atomic E-state index is 0.643. The van der Waals surface area contributed by atoms with Crippen molar-refractivity contribution in [2.24, 2.45) is 5.92 Å². The van der Waals surface area contributed by atoms with Gasteiger partial charge in [-0.25, -0.2) is 0 Å². The van der Waals surface area contributed by atoms with Gasteiger partial charge in [0, 0.05) is 31.8 Å². The van der Waals surface area contributed by atoms with Crippen molar-refractivity contribution in [3.05, 3.63) is 0 Å². The van der Waals surface area contributed by atoms with Gasteiger partial charge in [0.15, 0.2) is 0 Å². The summed E-state index contributed by atoms with van der Waals surface area (Å²) < 4.78 is 5.45. The van der Waals surface area contributed by atoms with Crippen molar-refractivity contribution in [3.63, 3.8) is 0 Å². The van der Waals surface area contributed by atoms with Gasteiger partial charge in [-0.05, 0) is 38.8 Å². The fraction of sp³-hybridized carbons (Fsp3) is 1.00. The fourth-order valence-electron chi connectivity index (χ4n) is 2.64. The number of likely N-dealkylation sites (N-methyl/N-ethyl adjacent to an activating group) is 1. The summed E-state index contributed by atoms with van der Waals surface area (Å²) in [4.78, 5) is 2.58. The first kappa shape index (κ1) is 14.9. The first-order chi connectivity index (χ1) is 8.16. The van der Waals surface area contributed by atoms with Crippen molar-refractivity contribution in [1.29, 1.82) is 0 Å². The monoisotopic (exact) mass is 242 g/mol. The number of rotatable bonds is 7. The molecule has 0 aromatic heterocycles. The van der Waals surface area contributed by atoms with Gasteiger partial charge in [0.05, 0.1) is 0 Å². The molecule has 0 saturated carbocycles. The van der Waals surface area contributed by atoms with Crippen LogP contribution in [0.4, 0.5) is 0 Å². The molecular weight excluding hydrogens is 212 g/mol. The molecule has 0 aliphatic carbocycles. The molecule has 1 rings (SSSR count). The third-order valence-electron chi connectivity index (χ3n) is 3.84. The first-order valence-electron chi connectivity index (χ1n) is 7.17. The summed E-state index contributed by atoms with van der Waals surface area (Å²) in [6.45, 7) is 11.0. The largest absolute Gasteiger partial charge is 0.381 e. The molecule has 1 aliphatic rings. The van der Waals surface area contributed by atoms with Crippen molar-refractivity contribution in [3.8, 4) is 0 Å². The average molecular weight is 242 g/mol. The number of nitrogens with one attached hydrogen (secondary N) is 1. The van der Waals surface area contributed by atoms with Crippen LogP contribution in [0.25, 0.3) is 0 Å². The molecular formula is C14H30N2O. The van der Waals surface area contributed by atoms with Gasteiger partial charge in [-0.1, -0.05) is 20.8 Å². The van der Waals surface area contributed by atoms with Crippen molar-refractivity contribution in [2.75, 3.05) is 33.4 Å². The maximum atomic E-state index is 5.45. The summed E-state index contributed by atoms with van der Waals surface area (Å²) in [5.41, 5.74) is 0. The summed E-state index contributed by atoms with van der Waals surface area (Å²) in [6, 6.07) is 1.35. The van der Waals surface area contributed by atoms with Crippen LogP contribution in [0.3, 0.4) is 0 Å². The standard InChI is InChI=1S/C14H30N2O/c1-5-8-15-11-14(12(2)3)16(4)13-6-9-17-10-7-13/h12-15H,5-11H2,1-4H3. The number of nitrogens with zero attached hydrogens (tertiary/aromatic N) is 1. The molecule has 0 aromatic rings. The number of hydrogen-bond acceptors (Lipinski definition) is 3. The predicted molar refractivity (Wildman–Crippen MR) is 73.4 cm³/mol. The normalized spacial score (nSPS) is 20.1. The number of hydrogen-bond donors (Lipinski definition) is 1. The van der Waals surface area contributed by atoms with E-state index in [4.69, 9.17) is 4.74 Å². The Labute approximate surface area is 107 Å². The van der Waals surface area contributed by atoms with Gasteiger partial charge in [0.25, 0.3) is 0 Å². The summed E-state index contributed by atoms with van der Waals surface area (Å²) in [6.07, 6.45) is 3.59. The predicted octanol–water partition coefficient (Wildman–Crippen LogP) is 2.12. The Morgan fingerprint density at radius 3 is 2.47 bits per heavy atom. The van der Waals surface area contributed by atoms with Crippen LogP contribution in [-0.4, -0.2) is 50.3 Å². The fourth-order valence-corrected chi connectivity index (χ4v) is 2.64. The van der Waals surface area contributed by atoms with E-state index in [0.717, 1.165) is 26.3 Å². The smallest absolute Gasteiger partial charge is 0.0480 e. The van der Waals surface area contributed by atoms with E-state index in [2.05, 4.69) is 38.0 Å². The Morgan fingerprint density at radius 2 is 1.94 bits per heavy atom. The van der Waals surface area contributed by atoms with Crippen LogP contribution < -0.4 is 5.32 Å². The SMILES string of the molecule is CCCNCC(C(C)C)N(C)C1CCOCC1. The third-order valence-corrected chi connectivity index (χ3v) is 3.84. The maximum absolute atomic E-state index is 5.45. The molecule has 1 heterocycles. The molecule has 0 radical (unpaired) electrons.